The first-order chi connectivity index (χ1) is 9.83. The van der Waals surface area contributed by atoms with E-state index in [0.717, 1.165) is 6.04 Å². The summed E-state index contributed by atoms with van der Waals surface area (Å²) in [5, 5.41) is 0. The van der Waals surface area contributed by atoms with Crippen LogP contribution in [0.2, 0.25) is 25.7 Å². The van der Waals surface area contributed by atoms with Crippen LogP contribution in [0.15, 0.2) is 23.8 Å². The molecule has 116 valence electrons. The Morgan fingerprint density at radius 2 is 2.05 bits per heavy atom. The highest BCUT2D eigenvalue weighted by molar-refractivity contribution is 6.76. The van der Waals surface area contributed by atoms with Gasteiger partial charge in [-0.25, -0.2) is 9.59 Å². The first kappa shape index (κ1) is 15.8. The van der Waals surface area contributed by atoms with Crippen LogP contribution in [-0.4, -0.2) is 50.8 Å². The largest absolute Gasteiger partial charge is 0.466 e. The molecular formula is C15H23NO4Si. The summed E-state index contributed by atoms with van der Waals surface area (Å²) in [4.78, 5) is 25.7. The molecule has 0 saturated heterocycles. The minimum Gasteiger partial charge on any atom is -0.466 e. The maximum Gasteiger partial charge on any atom is 0.411 e. The first-order valence-electron chi connectivity index (χ1n) is 7.25. The lowest BCUT2D eigenvalue weighted by Crippen LogP contribution is -2.47. The summed E-state index contributed by atoms with van der Waals surface area (Å²) in [6.45, 7) is 7.17. The van der Waals surface area contributed by atoms with Gasteiger partial charge in [-0.15, -0.1) is 0 Å². The molecule has 2 aliphatic heterocycles. The van der Waals surface area contributed by atoms with E-state index in [-0.39, 0.29) is 24.1 Å². The van der Waals surface area contributed by atoms with Gasteiger partial charge in [0, 0.05) is 8.07 Å². The molecule has 0 aromatic heterocycles. The smallest absolute Gasteiger partial charge is 0.411 e. The average Bonchev–Trinajstić information content (AvgIpc) is 2.70. The Morgan fingerprint density at radius 3 is 2.67 bits per heavy atom. The Hall–Kier alpha value is -1.56. The van der Waals surface area contributed by atoms with E-state index in [9.17, 15) is 9.59 Å². The van der Waals surface area contributed by atoms with Crippen LogP contribution in [0.4, 0.5) is 4.79 Å². The number of rotatable bonds is 4. The standard InChI is InChI=1S/C15H23NO4Si/c1-19-14(17)12-7-5-11-6-8-13(12)16(11)15(18)20-9-10-21(2,3)4/h6-8,11,13H,5,9-10H2,1-4H3. The molecule has 0 N–H and O–H groups in total. The number of carbonyl (C=O) groups excluding carboxylic acids is 2. The van der Waals surface area contributed by atoms with Gasteiger partial charge in [0.1, 0.15) is 0 Å². The van der Waals surface area contributed by atoms with Gasteiger partial charge in [-0.05, 0) is 12.5 Å². The molecule has 1 amide bonds. The van der Waals surface area contributed by atoms with E-state index < -0.39 is 8.07 Å². The Balaban J connectivity index is 2.00. The number of hydrogen-bond acceptors (Lipinski definition) is 4. The van der Waals surface area contributed by atoms with Crippen LogP contribution in [-0.2, 0) is 14.3 Å². The number of esters is 1. The number of carbonyl (C=O) groups is 2. The fraction of sp³-hybridized carbons (Fsp3) is 0.600. The molecule has 2 heterocycles. The molecule has 2 atom stereocenters. The zero-order valence-electron chi connectivity index (χ0n) is 13.1. The van der Waals surface area contributed by atoms with E-state index in [2.05, 4.69) is 19.6 Å². The Morgan fingerprint density at radius 1 is 1.33 bits per heavy atom. The van der Waals surface area contributed by atoms with E-state index in [4.69, 9.17) is 9.47 Å². The van der Waals surface area contributed by atoms with Gasteiger partial charge in [0.25, 0.3) is 0 Å². The summed E-state index contributed by atoms with van der Waals surface area (Å²) in [6.07, 6.45) is 5.97. The van der Waals surface area contributed by atoms with Gasteiger partial charge in [-0.2, -0.15) is 0 Å². The molecule has 0 fully saturated rings. The van der Waals surface area contributed by atoms with Crippen LogP contribution in [0.25, 0.3) is 0 Å². The predicted octanol–water partition coefficient (Wildman–Crippen LogP) is 2.57. The van der Waals surface area contributed by atoms with Crippen molar-refractivity contribution in [2.75, 3.05) is 13.7 Å². The maximum atomic E-state index is 12.3. The molecule has 0 aromatic rings. The van der Waals surface area contributed by atoms with Crippen molar-refractivity contribution in [3.63, 3.8) is 0 Å². The molecule has 0 radical (unpaired) electrons. The van der Waals surface area contributed by atoms with Crippen LogP contribution in [0.3, 0.4) is 0 Å². The van der Waals surface area contributed by atoms with E-state index in [1.165, 1.54) is 7.11 Å². The lowest BCUT2D eigenvalue weighted by atomic mass is 10.0. The van der Waals surface area contributed by atoms with Gasteiger partial charge in [0.05, 0.1) is 31.4 Å². The topological polar surface area (TPSA) is 55.8 Å². The summed E-state index contributed by atoms with van der Waals surface area (Å²) < 4.78 is 10.2. The van der Waals surface area contributed by atoms with Gasteiger partial charge in [0.2, 0.25) is 0 Å². The molecule has 5 nitrogen and oxygen atoms in total. The highest BCUT2D eigenvalue weighted by Gasteiger charge is 2.41. The number of fused-ring (bicyclic) bond motifs is 2. The predicted molar refractivity (Wildman–Crippen MR) is 82.8 cm³/mol. The molecule has 21 heavy (non-hydrogen) atoms. The molecule has 2 bridgehead atoms. The molecule has 2 aliphatic rings. The van der Waals surface area contributed by atoms with E-state index in [0.29, 0.717) is 18.6 Å². The van der Waals surface area contributed by atoms with Crippen molar-refractivity contribution in [2.24, 2.45) is 0 Å². The van der Waals surface area contributed by atoms with Crippen LogP contribution in [0.5, 0.6) is 0 Å². The average molecular weight is 309 g/mol. The van der Waals surface area contributed by atoms with E-state index in [1.807, 2.05) is 18.2 Å². The molecule has 2 unspecified atom stereocenters. The molecule has 0 aliphatic carbocycles. The van der Waals surface area contributed by atoms with Crippen LogP contribution in [0, 0.1) is 0 Å². The Bertz CT molecular complexity index is 492. The van der Waals surface area contributed by atoms with Gasteiger partial charge >= 0.3 is 12.1 Å². The summed E-state index contributed by atoms with van der Waals surface area (Å²) in [5.74, 6) is -0.384. The van der Waals surface area contributed by atoms with Crippen molar-refractivity contribution < 1.29 is 19.1 Å². The minimum atomic E-state index is -1.23. The number of ether oxygens (including phenoxy) is 2. The van der Waals surface area contributed by atoms with Crippen LogP contribution in [0.1, 0.15) is 6.42 Å². The minimum absolute atomic E-state index is 0.0113. The van der Waals surface area contributed by atoms with Crippen molar-refractivity contribution in [1.29, 1.82) is 0 Å². The maximum absolute atomic E-state index is 12.3. The summed E-state index contributed by atoms with van der Waals surface area (Å²) in [6, 6.07) is 0.577. The second-order valence-electron chi connectivity index (χ2n) is 6.62. The molecule has 6 heteroatoms. The Kier molecular flexibility index (Phi) is 4.56. The summed E-state index contributed by atoms with van der Waals surface area (Å²) in [5.41, 5.74) is 0.518. The van der Waals surface area contributed by atoms with Crippen molar-refractivity contribution in [1.82, 2.24) is 4.90 Å². The van der Waals surface area contributed by atoms with Crippen molar-refractivity contribution >= 4 is 20.1 Å². The van der Waals surface area contributed by atoms with Gasteiger partial charge in [0.15, 0.2) is 0 Å². The summed E-state index contributed by atoms with van der Waals surface area (Å²) >= 11 is 0. The fourth-order valence-corrected chi connectivity index (χ4v) is 3.24. The van der Waals surface area contributed by atoms with Gasteiger partial charge < -0.3 is 9.47 Å². The third kappa shape index (κ3) is 3.55. The monoisotopic (exact) mass is 309 g/mol. The Labute approximate surface area is 126 Å². The van der Waals surface area contributed by atoms with E-state index >= 15 is 0 Å². The number of amides is 1. The van der Waals surface area contributed by atoms with E-state index in [1.54, 1.807) is 4.90 Å². The molecule has 0 saturated carbocycles. The second-order valence-corrected chi connectivity index (χ2v) is 12.2. The second kappa shape index (κ2) is 6.05. The quantitative estimate of drug-likeness (QED) is 0.455. The van der Waals surface area contributed by atoms with Crippen molar-refractivity contribution in [3.8, 4) is 0 Å². The zero-order valence-corrected chi connectivity index (χ0v) is 14.1. The summed E-state index contributed by atoms with van der Waals surface area (Å²) in [7, 11) is 0.126. The molecular weight excluding hydrogens is 286 g/mol. The van der Waals surface area contributed by atoms with Crippen molar-refractivity contribution in [3.05, 3.63) is 23.8 Å². The highest BCUT2D eigenvalue weighted by Crippen LogP contribution is 2.31. The zero-order chi connectivity index (χ0) is 15.6. The first-order valence-corrected chi connectivity index (χ1v) is 11.0. The molecule has 0 spiro atoms. The lowest BCUT2D eigenvalue weighted by molar-refractivity contribution is -0.136. The highest BCUT2D eigenvalue weighted by atomic mass is 28.3. The van der Waals surface area contributed by atoms with Crippen molar-refractivity contribution in [2.45, 2.75) is 44.2 Å². The number of nitrogens with zero attached hydrogens (tertiary/aromatic N) is 1. The van der Waals surface area contributed by atoms with Crippen LogP contribution < -0.4 is 0 Å². The molecule has 0 aromatic carbocycles. The SMILES string of the molecule is COC(=O)C1=CCC2C=CC1N2C(=O)OCC[Si](C)(C)C. The van der Waals surface area contributed by atoms with Gasteiger partial charge in [-0.1, -0.05) is 37.9 Å². The third-order valence-electron chi connectivity index (χ3n) is 3.78. The lowest BCUT2D eigenvalue weighted by Gasteiger charge is -2.33. The number of hydrogen-bond donors (Lipinski definition) is 0. The third-order valence-corrected chi connectivity index (χ3v) is 5.48. The fourth-order valence-electron chi connectivity index (χ4n) is 2.53. The normalized spacial score (nSPS) is 23.8. The molecule has 2 rings (SSSR count). The van der Waals surface area contributed by atoms with Crippen LogP contribution >= 0.6 is 0 Å². The number of methoxy groups -OCH3 is 1. The van der Waals surface area contributed by atoms with Gasteiger partial charge in [-0.3, -0.25) is 4.90 Å².